The maximum Gasteiger partial charge on any atom is 0.251 e. The number of thiophene rings is 1. The van der Waals surface area contributed by atoms with Gasteiger partial charge < -0.3 is 9.87 Å². The van der Waals surface area contributed by atoms with Crippen molar-refractivity contribution in [1.82, 2.24) is 14.5 Å². The summed E-state index contributed by atoms with van der Waals surface area (Å²) < 4.78 is 16.3. The zero-order valence-electron chi connectivity index (χ0n) is 22.8. The van der Waals surface area contributed by atoms with Gasteiger partial charge in [-0.1, -0.05) is 79.5 Å². The summed E-state index contributed by atoms with van der Waals surface area (Å²) in [5.41, 5.74) is 1.97. The predicted octanol–water partition coefficient (Wildman–Crippen LogP) is 6.94. The van der Waals surface area contributed by atoms with Gasteiger partial charge in [-0.2, -0.15) is 0 Å². The number of nitrogens with zero attached hydrogens (tertiary/aromatic N) is 2. The SMILES string of the molecule is CCCCCCN(CCc1ccccc1)C1CCN([S+]([O-])c2ccc(CNC(=O)c3ccc(Cl)cc3)s2)CC1. The average Bonchev–Trinajstić information content (AvgIpc) is 3.45. The van der Waals surface area contributed by atoms with Crippen molar-refractivity contribution >= 4 is 40.2 Å². The van der Waals surface area contributed by atoms with E-state index in [2.05, 4.69) is 51.8 Å². The van der Waals surface area contributed by atoms with E-state index in [1.807, 2.05) is 12.1 Å². The number of nitrogens with one attached hydrogen (secondary N) is 1. The number of hydrogen-bond donors (Lipinski definition) is 1. The first-order valence-corrected chi connectivity index (χ1v) is 16.4. The molecule has 0 spiro atoms. The first-order valence-electron chi connectivity index (χ1n) is 14.1. The Morgan fingerprint density at radius 3 is 2.49 bits per heavy atom. The number of unbranched alkanes of at least 4 members (excludes halogenated alkanes) is 3. The average molecular weight is 586 g/mol. The van der Waals surface area contributed by atoms with Crippen LogP contribution in [0.3, 0.4) is 0 Å². The molecule has 1 saturated heterocycles. The Bertz CT molecular complexity index is 1130. The molecule has 1 aliphatic rings. The number of rotatable bonds is 14. The van der Waals surface area contributed by atoms with Gasteiger partial charge in [0.05, 0.1) is 17.9 Å². The van der Waals surface area contributed by atoms with E-state index in [-0.39, 0.29) is 5.91 Å². The molecule has 1 atom stereocenters. The van der Waals surface area contributed by atoms with E-state index in [4.69, 9.17) is 11.6 Å². The van der Waals surface area contributed by atoms with Gasteiger partial charge in [-0.25, -0.2) is 0 Å². The second-order valence-corrected chi connectivity index (χ2v) is 13.5. The quantitative estimate of drug-likeness (QED) is 0.164. The van der Waals surface area contributed by atoms with Crippen LogP contribution in [0.5, 0.6) is 0 Å². The largest absolute Gasteiger partial charge is 0.592 e. The van der Waals surface area contributed by atoms with Gasteiger partial charge >= 0.3 is 0 Å². The van der Waals surface area contributed by atoms with Crippen LogP contribution in [-0.4, -0.2) is 51.9 Å². The highest BCUT2D eigenvalue weighted by molar-refractivity contribution is 7.91. The van der Waals surface area contributed by atoms with E-state index in [1.165, 1.54) is 42.6 Å². The molecule has 0 radical (unpaired) electrons. The van der Waals surface area contributed by atoms with Gasteiger partial charge in [0.15, 0.2) is 0 Å². The van der Waals surface area contributed by atoms with Gasteiger partial charge in [-0.3, -0.25) is 9.69 Å². The number of benzene rings is 2. The van der Waals surface area contributed by atoms with Gasteiger partial charge in [0.1, 0.15) is 0 Å². The van der Waals surface area contributed by atoms with Crippen molar-refractivity contribution in [2.75, 3.05) is 26.2 Å². The zero-order chi connectivity index (χ0) is 27.5. The van der Waals surface area contributed by atoms with Crippen molar-refractivity contribution in [3.63, 3.8) is 0 Å². The van der Waals surface area contributed by atoms with E-state index in [9.17, 15) is 9.35 Å². The summed E-state index contributed by atoms with van der Waals surface area (Å²) in [6.07, 6.45) is 8.27. The van der Waals surface area contributed by atoms with Crippen LogP contribution in [0.1, 0.15) is 66.2 Å². The van der Waals surface area contributed by atoms with Gasteiger partial charge in [0.2, 0.25) is 4.21 Å². The van der Waals surface area contributed by atoms with Crippen molar-refractivity contribution in [2.24, 2.45) is 0 Å². The van der Waals surface area contributed by atoms with Crippen molar-refractivity contribution in [3.05, 3.63) is 87.8 Å². The molecule has 39 heavy (non-hydrogen) atoms. The smallest absolute Gasteiger partial charge is 0.251 e. The number of piperidine rings is 1. The standard InChI is InChI=1S/C31H40ClN3O2S2/c1-2-3-4-8-20-34(21-17-25-9-6-5-7-10-25)28-18-22-35(23-19-28)39(37)30-16-15-29(38-30)24-33-31(36)26-11-13-27(32)14-12-26/h5-7,9-16,28H,2-4,8,17-24H2,1H3,(H,33,36). The van der Waals surface area contributed by atoms with Gasteiger partial charge in [-0.15, -0.1) is 4.31 Å². The minimum atomic E-state index is -1.17. The summed E-state index contributed by atoms with van der Waals surface area (Å²) in [5, 5.41) is 3.55. The second-order valence-electron chi connectivity index (χ2n) is 10.2. The summed E-state index contributed by atoms with van der Waals surface area (Å²) in [6.45, 7) is 6.59. The van der Waals surface area contributed by atoms with Crippen molar-refractivity contribution in [1.29, 1.82) is 0 Å². The molecular formula is C31H40ClN3O2S2. The minimum absolute atomic E-state index is 0.142. The maximum absolute atomic E-state index is 13.4. The van der Waals surface area contributed by atoms with Crippen molar-refractivity contribution in [2.45, 2.75) is 68.7 Å². The fourth-order valence-electron chi connectivity index (χ4n) is 5.05. The topological polar surface area (TPSA) is 58.6 Å². The number of carbonyl (C=O) groups is 1. The highest BCUT2D eigenvalue weighted by atomic mass is 35.5. The molecule has 1 unspecified atom stereocenters. The maximum atomic E-state index is 13.4. The molecule has 210 valence electrons. The summed E-state index contributed by atoms with van der Waals surface area (Å²) in [7, 11) is 0. The van der Waals surface area contributed by atoms with Crippen LogP contribution in [0.25, 0.3) is 0 Å². The molecule has 3 aromatic rings. The Labute approximate surface area is 245 Å². The number of halogens is 1. The molecular weight excluding hydrogens is 546 g/mol. The van der Waals surface area contributed by atoms with Crippen LogP contribution in [0, 0.1) is 0 Å². The normalized spacial score (nSPS) is 15.5. The third-order valence-corrected chi connectivity index (χ3v) is 10.5. The Balaban J connectivity index is 1.26. The Morgan fingerprint density at radius 1 is 1.03 bits per heavy atom. The molecule has 0 saturated carbocycles. The van der Waals surface area contributed by atoms with E-state index in [1.54, 1.807) is 24.3 Å². The van der Waals surface area contributed by atoms with E-state index >= 15 is 0 Å². The van der Waals surface area contributed by atoms with E-state index < -0.39 is 11.4 Å². The molecule has 1 aromatic heterocycles. The molecule has 1 fully saturated rings. The second kappa shape index (κ2) is 15.8. The molecule has 0 bridgehead atoms. The lowest BCUT2D eigenvalue weighted by Gasteiger charge is -2.38. The number of carbonyl (C=O) groups excluding carboxylic acids is 1. The summed E-state index contributed by atoms with van der Waals surface area (Å²) in [5.74, 6) is -0.142. The molecule has 1 N–H and O–H groups in total. The summed E-state index contributed by atoms with van der Waals surface area (Å²) >= 11 is 6.26. The van der Waals surface area contributed by atoms with Crippen LogP contribution < -0.4 is 5.32 Å². The number of amides is 1. The van der Waals surface area contributed by atoms with Gasteiger partial charge in [0, 0.05) is 47.2 Å². The van der Waals surface area contributed by atoms with Crippen molar-refractivity contribution in [3.8, 4) is 0 Å². The van der Waals surface area contributed by atoms with Crippen LogP contribution >= 0.6 is 22.9 Å². The first kappa shape index (κ1) is 30.1. The monoisotopic (exact) mass is 585 g/mol. The predicted molar refractivity (Wildman–Crippen MR) is 164 cm³/mol. The third-order valence-electron chi connectivity index (χ3n) is 7.34. The molecule has 1 aliphatic heterocycles. The fraction of sp³-hybridized carbons (Fsp3) is 0.452. The van der Waals surface area contributed by atoms with Gasteiger partial charge in [0.25, 0.3) is 5.91 Å². The molecule has 4 rings (SSSR count). The van der Waals surface area contributed by atoms with Gasteiger partial charge in [-0.05, 0) is 68.1 Å². The highest BCUT2D eigenvalue weighted by Crippen LogP contribution is 2.28. The Morgan fingerprint density at radius 2 is 1.77 bits per heavy atom. The first-order chi connectivity index (χ1) is 19.0. The lowest BCUT2D eigenvalue weighted by atomic mass is 10.0. The van der Waals surface area contributed by atoms with Crippen LogP contribution in [0.4, 0.5) is 0 Å². The Hall–Kier alpha value is -1.87. The lowest BCUT2D eigenvalue weighted by Crippen LogP contribution is -2.47. The molecule has 8 heteroatoms. The van der Waals surface area contributed by atoms with E-state index in [0.29, 0.717) is 23.2 Å². The number of hydrogen-bond acceptors (Lipinski definition) is 5. The highest BCUT2D eigenvalue weighted by Gasteiger charge is 2.32. The third kappa shape index (κ3) is 9.34. The molecule has 5 nitrogen and oxygen atoms in total. The molecule has 2 heterocycles. The molecule has 2 aromatic carbocycles. The minimum Gasteiger partial charge on any atom is -0.592 e. The molecule has 0 aliphatic carbocycles. The van der Waals surface area contributed by atoms with Crippen molar-refractivity contribution < 1.29 is 9.35 Å². The Kier molecular flexibility index (Phi) is 12.2. The zero-order valence-corrected chi connectivity index (χ0v) is 25.2. The molecule has 1 amide bonds. The van der Waals surface area contributed by atoms with Crippen LogP contribution in [0.2, 0.25) is 5.02 Å². The van der Waals surface area contributed by atoms with Crippen LogP contribution in [0.15, 0.2) is 70.9 Å². The van der Waals surface area contributed by atoms with Crippen LogP contribution in [-0.2, 0) is 24.3 Å². The summed E-state index contributed by atoms with van der Waals surface area (Å²) in [4.78, 5) is 16.1. The fourth-order valence-corrected chi connectivity index (χ4v) is 7.76. The lowest BCUT2D eigenvalue weighted by molar-refractivity contribution is 0.0951. The summed E-state index contributed by atoms with van der Waals surface area (Å²) in [6, 6.07) is 22.1. The van der Waals surface area contributed by atoms with E-state index in [0.717, 1.165) is 54.5 Å².